The molecule has 1 aliphatic rings. The van der Waals surface area contributed by atoms with Gasteiger partial charge < -0.3 is 14.4 Å². The molecule has 18 heavy (non-hydrogen) atoms. The van der Waals surface area contributed by atoms with Crippen molar-refractivity contribution < 1.29 is 27.8 Å². The minimum Gasteiger partial charge on any atom is -0.382 e. The average molecular weight is 282 g/mol. The summed E-state index contributed by atoms with van der Waals surface area (Å²) in [5.74, 6) is 0. The van der Waals surface area contributed by atoms with Gasteiger partial charge in [0.15, 0.2) is 5.67 Å². The molecular weight excluding hydrogens is 261 g/mol. The molecule has 1 aliphatic heterocycles. The van der Waals surface area contributed by atoms with Gasteiger partial charge in [0, 0.05) is 7.11 Å². The van der Waals surface area contributed by atoms with Crippen molar-refractivity contribution in [2.75, 3.05) is 13.7 Å². The Bertz CT molecular complexity index is 338. The second-order valence-corrected chi connectivity index (χ2v) is 7.48. The number of halogens is 1. The van der Waals surface area contributed by atoms with E-state index < -0.39 is 37.1 Å². The first-order chi connectivity index (χ1) is 8.13. The number of alkyl halides is 1. The lowest BCUT2D eigenvalue weighted by Crippen LogP contribution is -2.44. The number of hydrogen-bond donors (Lipinski definition) is 1. The van der Waals surface area contributed by atoms with Gasteiger partial charge in [-0.2, -0.15) is 0 Å². The molecular formula is C10H21BFO5P. The second kappa shape index (κ2) is 5.59. The van der Waals surface area contributed by atoms with Crippen LogP contribution in [0.4, 0.5) is 4.39 Å². The van der Waals surface area contributed by atoms with Crippen LogP contribution < -0.4 is 0 Å². The van der Waals surface area contributed by atoms with E-state index in [4.69, 9.17) is 14.0 Å². The van der Waals surface area contributed by atoms with Crippen LogP contribution in [-0.4, -0.2) is 56.0 Å². The van der Waals surface area contributed by atoms with Crippen LogP contribution >= 0.6 is 7.60 Å². The third-order valence-corrected chi connectivity index (χ3v) is 5.15. The maximum atomic E-state index is 14.5. The fourth-order valence-corrected chi connectivity index (χ4v) is 2.72. The van der Waals surface area contributed by atoms with Gasteiger partial charge in [-0.25, -0.2) is 4.39 Å². The smallest absolute Gasteiger partial charge is 0.331 e. The molecule has 0 aromatic rings. The van der Waals surface area contributed by atoms with E-state index in [2.05, 4.69) is 0 Å². The first kappa shape index (κ1) is 16.1. The van der Waals surface area contributed by atoms with Crippen molar-refractivity contribution >= 4 is 15.4 Å². The normalized spacial score (nSPS) is 40.1. The second-order valence-electron chi connectivity index (χ2n) is 5.11. The zero-order chi connectivity index (χ0) is 14.1. The number of ether oxygens (including phenoxy) is 2. The molecule has 0 aromatic heterocycles. The molecule has 5 atom stereocenters. The lowest BCUT2D eigenvalue weighted by atomic mass is 9.83. The van der Waals surface area contributed by atoms with Gasteiger partial charge in [0.25, 0.3) is 0 Å². The molecule has 0 spiro atoms. The van der Waals surface area contributed by atoms with Crippen molar-refractivity contribution in [3.63, 3.8) is 0 Å². The molecule has 5 nitrogen and oxygen atoms in total. The summed E-state index contributed by atoms with van der Waals surface area (Å²) in [7, 11) is -0.825. The predicted octanol–water partition coefficient (Wildman–Crippen LogP) is 0.698. The minimum atomic E-state index is -3.86. The van der Waals surface area contributed by atoms with E-state index in [1.54, 1.807) is 21.7 Å². The molecule has 0 aromatic carbocycles. The standard InChI is InChI=1S/C10H21BFO5P/c1-6(2)18(13,14)17-8-7(5-15-4)16-9(11)10(8,3)12/h6-9H,5,11H2,1-4H3,(H,13,14)/t7-,8-,9-,10+/m1/s1. The Balaban J connectivity index is 2.91. The summed E-state index contributed by atoms with van der Waals surface area (Å²) < 4.78 is 41.9. The molecule has 1 saturated heterocycles. The fourth-order valence-electron chi connectivity index (χ4n) is 1.81. The van der Waals surface area contributed by atoms with E-state index in [0.717, 1.165) is 0 Å². The zero-order valence-corrected chi connectivity index (χ0v) is 12.3. The van der Waals surface area contributed by atoms with E-state index in [9.17, 15) is 13.8 Å². The van der Waals surface area contributed by atoms with Crippen molar-refractivity contribution in [1.82, 2.24) is 0 Å². The van der Waals surface area contributed by atoms with E-state index >= 15 is 0 Å². The van der Waals surface area contributed by atoms with Crippen LogP contribution in [0.2, 0.25) is 0 Å². The van der Waals surface area contributed by atoms with Crippen molar-refractivity contribution in [3.05, 3.63) is 0 Å². The molecule has 0 bridgehead atoms. The third kappa shape index (κ3) is 3.14. The highest BCUT2D eigenvalue weighted by Crippen LogP contribution is 2.52. The van der Waals surface area contributed by atoms with Crippen LogP contribution in [0.5, 0.6) is 0 Å². The van der Waals surface area contributed by atoms with E-state index in [1.165, 1.54) is 14.0 Å². The first-order valence-corrected chi connectivity index (χ1v) is 7.61. The summed E-state index contributed by atoms with van der Waals surface area (Å²) in [6, 6.07) is -0.713. The van der Waals surface area contributed by atoms with Crippen molar-refractivity contribution in [1.29, 1.82) is 0 Å². The SMILES string of the molecule is B[C@@H]1O[C@H](COC)[C@@H](OP(=O)(O)C(C)C)[C@]1(C)F. The Morgan fingerprint density at radius 3 is 2.61 bits per heavy atom. The van der Waals surface area contributed by atoms with Crippen LogP contribution in [0.1, 0.15) is 20.8 Å². The molecule has 0 radical (unpaired) electrons. The van der Waals surface area contributed by atoms with Gasteiger partial charge in [-0.3, -0.25) is 9.09 Å². The molecule has 1 heterocycles. The predicted molar refractivity (Wildman–Crippen MR) is 68.4 cm³/mol. The van der Waals surface area contributed by atoms with Crippen LogP contribution in [0.25, 0.3) is 0 Å². The molecule has 106 valence electrons. The molecule has 8 heteroatoms. The van der Waals surface area contributed by atoms with Gasteiger partial charge >= 0.3 is 7.60 Å². The summed E-state index contributed by atoms with van der Waals surface area (Å²) in [4.78, 5) is 9.73. The minimum absolute atomic E-state index is 0.118. The highest BCUT2D eigenvalue weighted by atomic mass is 31.2. The molecule has 1 rings (SSSR count). The van der Waals surface area contributed by atoms with Gasteiger partial charge in [0.05, 0.1) is 18.3 Å². The van der Waals surface area contributed by atoms with Crippen molar-refractivity contribution in [3.8, 4) is 0 Å². The Morgan fingerprint density at radius 2 is 2.17 bits per heavy atom. The van der Waals surface area contributed by atoms with Crippen LogP contribution in [0, 0.1) is 0 Å². The maximum Gasteiger partial charge on any atom is 0.331 e. The van der Waals surface area contributed by atoms with Crippen LogP contribution in [0.3, 0.4) is 0 Å². The summed E-state index contributed by atoms with van der Waals surface area (Å²) in [5.41, 5.74) is -2.41. The molecule has 0 saturated carbocycles. The van der Waals surface area contributed by atoms with Gasteiger partial charge in [-0.15, -0.1) is 0 Å². The largest absolute Gasteiger partial charge is 0.382 e. The fraction of sp³-hybridized carbons (Fsp3) is 1.00. The molecule has 1 unspecified atom stereocenters. The first-order valence-electron chi connectivity index (χ1n) is 5.97. The van der Waals surface area contributed by atoms with Crippen LogP contribution in [-0.2, 0) is 18.6 Å². The number of hydrogen-bond acceptors (Lipinski definition) is 4. The lowest BCUT2D eigenvalue weighted by molar-refractivity contribution is -0.0163. The molecule has 1 fully saturated rings. The maximum absolute atomic E-state index is 14.5. The molecule has 1 N–H and O–H groups in total. The summed E-state index contributed by atoms with van der Waals surface area (Å²) in [6.07, 6.45) is -1.79. The van der Waals surface area contributed by atoms with Crippen LogP contribution in [0.15, 0.2) is 0 Å². The highest BCUT2D eigenvalue weighted by molar-refractivity contribution is 7.53. The summed E-state index contributed by atoms with van der Waals surface area (Å²) in [5, 5.41) is 0. The van der Waals surface area contributed by atoms with Gasteiger partial charge in [0.1, 0.15) is 20.1 Å². The van der Waals surface area contributed by atoms with Gasteiger partial charge in [-0.1, -0.05) is 13.8 Å². The Hall–Kier alpha value is 0.0649. The average Bonchev–Trinajstić information content (AvgIpc) is 2.42. The van der Waals surface area contributed by atoms with E-state index in [1.807, 2.05) is 0 Å². The zero-order valence-electron chi connectivity index (χ0n) is 11.4. The van der Waals surface area contributed by atoms with Gasteiger partial charge in [0.2, 0.25) is 0 Å². The topological polar surface area (TPSA) is 65.0 Å². The Morgan fingerprint density at radius 1 is 1.61 bits per heavy atom. The third-order valence-electron chi connectivity index (χ3n) is 3.32. The van der Waals surface area contributed by atoms with E-state index in [-0.39, 0.29) is 6.61 Å². The molecule has 0 amide bonds. The monoisotopic (exact) mass is 282 g/mol. The van der Waals surface area contributed by atoms with Gasteiger partial charge in [-0.05, 0) is 6.92 Å². The molecule has 0 aliphatic carbocycles. The van der Waals surface area contributed by atoms with E-state index in [0.29, 0.717) is 0 Å². The van der Waals surface area contributed by atoms with Crippen molar-refractivity contribution in [2.24, 2.45) is 0 Å². The Labute approximate surface area is 108 Å². The number of rotatable bonds is 5. The summed E-state index contributed by atoms with van der Waals surface area (Å²) >= 11 is 0. The quantitative estimate of drug-likeness (QED) is 0.594. The summed E-state index contributed by atoms with van der Waals surface area (Å²) in [6.45, 7) is 4.55. The highest BCUT2D eigenvalue weighted by Gasteiger charge is 2.55. The number of methoxy groups -OCH3 is 1. The van der Waals surface area contributed by atoms with Crippen molar-refractivity contribution in [2.45, 2.75) is 50.3 Å². The lowest BCUT2D eigenvalue weighted by Gasteiger charge is -2.29. The Kier molecular flexibility index (Phi) is 5.01.